The summed E-state index contributed by atoms with van der Waals surface area (Å²) in [5.41, 5.74) is 3.47. The van der Waals surface area contributed by atoms with E-state index < -0.39 is 5.82 Å². The molecule has 0 bridgehead atoms. The van der Waals surface area contributed by atoms with Gasteiger partial charge in [-0.25, -0.2) is 9.37 Å². The van der Waals surface area contributed by atoms with Crippen LogP contribution in [0.4, 0.5) is 4.39 Å². The molecular formula is C19H11ClFN3O2. The lowest BCUT2D eigenvalue weighted by Gasteiger charge is -2.07. The van der Waals surface area contributed by atoms with Crippen LogP contribution in [0.25, 0.3) is 44.2 Å². The van der Waals surface area contributed by atoms with Gasteiger partial charge >= 0.3 is 0 Å². The van der Waals surface area contributed by atoms with Crippen molar-refractivity contribution in [3.63, 3.8) is 0 Å². The fraction of sp³-hybridized carbons (Fsp3) is 0.0526. The Morgan fingerprint density at radius 2 is 2.04 bits per heavy atom. The minimum Gasteiger partial charge on any atom is -0.454 e. The molecule has 0 atom stereocenters. The van der Waals surface area contributed by atoms with Crippen molar-refractivity contribution in [2.45, 2.75) is 0 Å². The van der Waals surface area contributed by atoms with Gasteiger partial charge < -0.3 is 9.52 Å². The molecule has 0 fully saturated rings. The summed E-state index contributed by atoms with van der Waals surface area (Å²) in [5.74, 6) is -0.416. The largest absolute Gasteiger partial charge is 0.454 e. The predicted octanol–water partition coefficient (Wildman–Crippen LogP) is 4.62. The van der Waals surface area contributed by atoms with Crippen molar-refractivity contribution >= 4 is 44.7 Å². The van der Waals surface area contributed by atoms with E-state index in [4.69, 9.17) is 21.0 Å². The molecule has 0 saturated carbocycles. The van der Waals surface area contributed by atoms with Crippen molar-refractivity contribution in [2.24, 2.45) is 7.05 Å². The molecule has 3 heterocycles. The lowest BCUT2D eigenvalue weighted by atomic mass is 10.0. The van der Waals surface area contributed by atoms with E-state index >= 15 is 0 Å². The van der Waals surface area contributed by atoms with Crippen molar-refractivity contribution < 1.29 is 8.81 Å². The molecule has 7 heteroatoms. The van der Waals surface area contributed by atoms with Gasteiger partial charge in [-0.1, -0.05) is 11.6 Å². The van der Waals surface area contributed by atoms with Gasteiger partial charge in [-0.15, -0.1) is 0 Å². The van der Waals surface area contributed by atoms with Crippen molar-refractivity contribution in [1.82, 2.24) is 14.8 Å². The number of benzene rings is 2. The standard InChI is InChI=1S/C19H11ClFN3O2/c1-24-19-13(8-22-24)16(11-4-2-9(21)6-14(11)20)18-17(23-19)12-5-3-10(25)7-15(12)26-18/h2-8,22H,1H3. The third-order valence-electron chi connectivity index (χ3n) is 4.51. The van der Waals surface area contributed by atoms with Crippen LogP contribution in [0.5, 0.6) is 0 Å². The Labute approximate surface area is 150 Å². The van der Waals surface area contributed by atoms with Crippen LogP contribution in [0, 0.1) is 5.82 Å². The Morgan fingerprint density at radius 1 is 1.19 bits per heavy atom. The lowest BCUT2D eigenvalue weighted by molar-refractivity contribution is 0.628. The second kappa shape index (κ2) is 5.19. The van der Waals surface area contributed by atoms with Gasteiger partial charge in [-0.05, 0) is 30.3 Å². The molecule has 0 spiro atoms. The van der Waals surface area contributed by atoms with Crippen LogP contribution in [0.15, 0.2) is 51.8 Å². The van der Waals surface area contributed by atoms with E-state index in [1.54, 1.807) is 23.0 Å². The van der Waals surface area contributed by atoms with Crippen LogP contribution in [0.3, 0.4) is 0 Å². The average Bonchev–Trinajstić information content (AvgIpc) is 3.14. The number of rotatable bonds is 1. The van der Waals surface area contributed by atoms with Crippen molar-refractivity contribution in [3.8, 4) is 11.1 Å². The van der Waals surface area contributed by atoms with E-state index in [0.29, 0.717) is 33.5 Å². The summed E-state index contributed by atoms with van der Waals surface area (Å²) in [6.07, 6.45) is 1.79. The Bertz CT molecular complexity index is 1400. The number of furan rings is 1. The zero-order chi connectivity index (χ0) is 18.0. The highest BCUT2D eigenvalue weighted by atomic mass is 35.5. The van der Waals surface area contributed by atoms with E-state index in [1.807, 2.05) is 7.05 Å². The van der Waals surface area contributed by atoms with Gasteiger partial charge in [0.15, 0.2) is 16.7 Å². The second-order valence-corrected chi connectivity index (χ2v) is 6.53. The fourth-order valence-corrected chi connectivity index (χ4v) is 3.58. The monoisotopic (exact) mass is 367 g/mol. The van der Waals surface area contributed by atoms with Gasteiger partial charge in [0.2, 0.25) is 0 Å². The van der Waals surface area contributed by atoms with Crippen molar-refractivity contribution in [2.75, 3.05) is 0 Å². The third-order valence-corrected chi connectivity index (χ3v) is 4.82. The van der Waals surface area contributed by atoms with Gasteiger partial charge in [0.1, 0.15) is 16.9 Å². The van der Waals surface area contributed by atoms with Crippen molar-refractivity contribution in [3.05, 3.63) is 63.7 Å². The number of pyridine rings is 1. The van der Waals surface area contributed by atoms with Crippen LogP contribution >= 0.6 is 11.6 Å². The molecular weight excluding hydrogens is 357 g/mol. The molecule has 5 aromatic rings. The average molecular weight is 368 g/mol. The smallest absolute Gasteiger partial charge is 0.182 e. The number of nitrogens with one attached hydrogen (secondary N) is 1. The topological polar surface area (TPSA) is 63.8 Å². The first-order valence-corrected chi connectivity index (χ1v) is 8.26. The summed E-state index contributed by atoms with van der Waals surface area (Å²) in [6, 6.07) is 8.84. The molecule has 1 N–H and O–H groups in total. The summed E-state index contributed by atoms with van der Waals surface area (Å²) in [4.78, 5) is 16.4. The normalized spacial score (nSPS) is 11.8. The molecule has 0 unspecified atom stereocenters. The molecule has 5 rings (SSSR count). The number of aryl methyl sites for hydroxylation is 1. The van der Waals surface area contributed by atoms with Gasteiger partial charge in [0.25, 0.3) is 0 Å². The SMILES string of the molecule is Cn1[nH]cc2c(-c3ccc(F)cc3Cl)c3oc4cc(=O)ccc4c3nc21. The van der Waals surface area contributed by atoms with Crippen LogP contribution in [-0.2, 0) is 7.05 Å². The molecule has 128 valence electrons. The molecule has 2 aromatic carbocycles. The summed E-state index contributed by atoms with van der Waals surface area (Å²) >= 11 is 6.33. The molecule has 0 saturated heterocycles. The van der Waals surface area contributed by atoms with E-state index in [2.05, 4.69) is 5.10 Å². The number of aromatic nitrogens is 3. The molecule has 0 aliphatic carbocycles. The van der Waals surface area contributed by atoms with E-state index in [0.717, 1.165) is 10.8 Å². The maximum absolute atomic E-state index is 13.5. The number of aromatic amines is 1. The summed E-state index contributed by atoms with van der Waals surface area (Å²) in [6.45, 7) is 0. The first-order chi connectivity index (χ1) is 12.5. The van der Waals surface area contributed by atoms with E-state index in [9.17, 15) is 9.18 Å². The van der Waals surface area contributed by atoms with Crippen LogP contribution in [0.2, 0.25) is 5.02 Å². The molecule has 3 aromatic heterocycles. The van der Waals surface area contributed by atoms with Gasteiger partial charge in [0, 0.05) is 41.2 Å². The highest BCUT2D eigenvalue weighted by molar-refractivity contribution is 6.34. The molecule has 26 heavy (non-hydrogen) atoms. The van der Waals surface area contributed by atoms with Crippen LogP contribution in [0.1, 0.15) is 0 Å². The highest BCUT2D eigenvalue weighted by Crippen LogP contribution is 2.41. The number of fused-ring (bicyclic) bond motifs is 4. The van der Waals surface area contributed by atoms with Gasteiger partial charge in [-0.2, -0.15) is 0 Å². The third kappa shape index (κ3) is 2.02. The zero-order valence-electron chi connectivity index (χ0n) is 13.5. The van der Waals surface area contributed by atoms with Gasteiger partial charge in [0.05, 0.1) is 5.02 Å². The molecule has 5 nitrogen and oxygen atoms in total. The fourth-order valence-electron chi connectivity index (χ4n) is 3.32. The first-order valence-electron chi connectivity index (χ1n) is 7.89. The number of halogens is 2. The molecule has 0 amide bonds. The quantitative estimate of drug-likeness (QED) is 0.470. The number of nitrogens with zero attached hydrogens (tertiary/aromatic N) is 2. The number of hydrogen-bond acceptors (Lipinski definition) is 3. The van der Waals surface area contributed by atoms with E-state index in [1.165, 1.54) is 24.3 Å². The predicted molar refractivity (Wildman–Crippen MR) is 99.0 cm³/mol. The highest BCUT2D eigenvalue weighted by Gasteiger charge is 2.21. The maximum atomic E-state index is 13.5. The minimum atomic E-state index is -0.416. The summed E-state index contributed by atoms with van der Waals surface area (Å²) in [7, 11) is 1.84. The minimum absolute atomic E-state index is 0.143. The second-order valence-electron chi connectivity index (χ2n) is 6.12. The summed E-state index contributed by atoms with van der Waals surface area (Å²) in [5, 5.41) is 4.88. The first kappa shape index (κ1) is 15.2. The maximum Gasteiger partial charge on any atom is 0.182 e. The van der Waals surface area contributed by atoms with Gasteiger partial charge in [-0.3, -0.25) is 9.48 Å². The number of hydrogen-bond donors (Lipinski definition) is 1. The van der Waals surface area contributed by atoms with E-state index in [-0.39, 0.29) is 10.5 Å². The molecule has 0 aliphatic heterocycles. The number of H-pyrrole nitrogens is 1. The Balaban J connectivity index is 2.04. The van der Waals surface area contributed by atoms with Crippen molar-refractivity contribution in [1.29, 1.82) is 0 Å². The molecule has 0 radical (unpaired) electrons. The van der Waals surface area contributed by atoms with Crippen LogP contribution < -0.4 is 5.43 Å². The summed E-state index contributed by atoms with van der Waals surface area (Å²) < 4.78 is 21.3. The Kier molecular flexibility index (Phi) is 3.02. The molecule has 0 aliphatic rings. The lowest BCUT2D eigenvalue weighted by Crippen LogP contribution is -1.94. The zero-order valence-corrected chi connectivity index (χ0v) is 14.3. The Morgan fingerprint density at radius 3 is 2.85 bits per heavy atom. The van der Waals surface area contributed by atoms with Crippen LogP contribution in [-0.4, -0.2) is 14.8 Å². The Hall–Kier alpha value is -3.12.